The fourth-order valence-corrected chi connectivity index (χ4v) is 2.87. The fraction of sp³-hybridized carbons (Fsp3) is 0.714. The van der Waals surface area contributed by atoms with Crippen LogP contribution >= 0.6 is 11.6 Å². The standard InChI is InChI=1S/C14H22ClN3O/c1-14(2)7-5-4-6-10(14)16-12-8-11(15)17-13(18-12)9-19-3/h8,10H,4-7,9H2,1-3H3,(H,16,17,18). The van der Waals surface area contributed by atoms with Gasteiger partial charge >= 0.3 is 0 Å². The van der Waals surface area contributed by atoms with Gasteiger partial charge in [0.25, 0.3) is 0 Å². The van der Waals surface area contributed by atoms with Crippen LogP contribution in [0.2, 0.25) is 5.15 Å². The van der Waals surface area contributed by atoms with Gasteiger partial charge in [0.2, 0.25) is 0 Å². The number of hydrogen-bond acceptors (Lipinski definition) is 4. The number of aromatic nitrogens is 2. The number of nitrogens with one attached hydrogen (secondary N) is 1. The molecule has 0 aliphatic heterocycles. The maximum atomic E-state index is 6.03. The predicted octanol–water partition coefficient (Wildman–Crippen LogP) is 3.66. The molecule has 1 heterocycles. The second kappa shape index (κ2) is 6.06. The Kier molecular flexibility index (Phi) is 4.63. The predicted molar refractivity (Wildman–Crippen MR) is 77.4 cm³/mol. The van der Waals surface area contributed by atoms with Crippen molar-refractivity contribution >= 4 is 17.4 Å². The zero-order chi connectivity index (χ0) is 13.9. The van der Waals surface area contributed by atoms with Gasteiger partial charge < -0.3 is 10.1 Å². The SMILES string of the molecule is COCc1nc(Cl)cc(NC2CCCCC2(C)C)n1. The number of methoxy groups -OCH3 is 1. The zero-order valence-electron chi connectivity index (χ0n) is 11.9. The average molecular weight is 284 g/mol. The molecule has 2 rings (SSSR count). The van der Waals surface area contributed by atoms with Crippen LogP contribution in [-0.4, -0.2) is 23.1 Å². The topological polar surface area (TPSA) is 47.0 Å². The number of rotatable bonds is 4. The van der Waals surface area contributed by atoms with Crippen LogP contribution in [0.5, 0.6) is 0 Å². The Morgan fingerprint density at radius 2 is 2.21 bits per heavy atom. The lowest BCUT2D eigenvalue weighted by Gasteiger charge is -2.39. The molecule has 1 aliphatic carbocycles. The van der Waals surface area contributed by atoms with E-state index in [1.807, 2.05) is 0 Å². The van der Waals surface area contributed by atoms with E-state index in [1.165, 1.54) is 25.7 Å². The van der Waals surface area contributed by atoms with Gasteiger partial charge in [0.05, 0.1) is 0 Å². The first-order valence-electron chi connectivity index (χ1n) is 6.80. The number of hydrogen-bond donors (Lipinski definition) is 1. The highest BCUT2D eigenvalue weighted by Crippen LogP contribution is 2.37. The average Bonchev–Trinajstić information content (AvgIpc) is 2.31. The molecule has 0 aromatic carbocycles. The van der Waals surface area contributed by atoms with Gasteiger partial charge in [0, 0.05) is 19.2 Å². The molecule has 1 aliphatic rings. The molecule has 1 aromatic heterocycles. The molecule has 1 aromatic rings. The summed E-state index contributed by atoms with van der Waals surface area (Å²) in [5.74, 6) is 1.41. The summed E-state index contributed by atoms with van der Waals surface area (Å²) in [6.07, 6.45) is 5.00. The van der Waals surface area contributed by atoms with Crippen molar-refractivity contribution in [2.24, 2.45) is 5.41 Å². The van der Waals surface area contributed by atoms with Crippen LogP contribution in [-0.2, 0) is 11.3 Å². The quantitative estimate of drug-likeness (QED) is 0.857. The van der Waals surface area contributed by atoms with E-state index in [0.29, 0.717) is 23.6 Å². The third-order valence-electron chi connectivity index (χ3n) is 3.84. The number of nitrogens with zero attached hydrogens (tertiary/aromatic N) is 2. The Balaban J connectivity index is 2.13. The Labute approximate surface area is 119 Å². The van der Waals surface area contributed by atoms with E-state index in [2.05, 4.69) is 29.1 Å². The highest BCUT2D eigenvalue weighted by molar-refractivity contribution is 6.29. The molecule has 1 unspecified atom stereocenters. The van der Waals surface area contributed by atoms with Crippen LogP contribution in [0.25, 0.3) is 0 Å². The van der Waals surface area contributed by atoms with Crippen molar-refractivity contribution < 1.29 is 4.74 Å². The Hall–Kier alpha value is -0.870. The minimum absolute atomic E-state index is 0.289. The summed E-state index contributed by atoms with van der Waals surface area (Å²) < 4.78 is 5.06. The molecule has 1 fully saturated rings. The number of halogens is 1. The molecule has 0 bridgehead atoms. The maximum Gasteiger partial charge on any atom is 0.158 e. The molecule has 1 saturated carbocycles. The van der Waals surface area contributed by atoms with Crippen molar-refractivity contribution in [1.29, 1.82) is 0 Å². The molecule has 19 heavy (non-hydrogen) atoms. The van der Waals surface area contributed by atoms with Crippen LogP contribution < -0.4 is 5.32 Å². The fourth-order valence-electron chi connectivity index (χ4n) is 2.67. The van der Waals surface area contributed by atoms with Crippen LogP contribution in [0, 0.1) is 5.41 Å². The van der Waals surface area contributed by atoms with E-state index in [1.54, 1.807) is 13.2 Å². The molecule has 106 valence electrons. The van der Waals surface area contributed by atoms with E-state index in [9.17, 15) is 0 Å². The molecule has 1 atom stereocenters. The first-order valence-corrected chi connectivity index (χ1v) is 7.18. The van der Waals surface area contributed by atoms with Gasteiger partial charge in [-0.3, -0.25) is 0 Å². The molecule has 0 amide bonds. The van der Waals surface area contributed by atoms with Crippen molar-refractivity contribution in [3.05, 3.63) is 17.0 Å². The summed E-state index contributed by atoms with van der Waals surface area (Å²) in [4.78, 5) is 8.59. The summed E-state index contributed by atoms with van der Waals surface area (Å²) in [6, 6.07) is 2.22. The third-order valence-corrected chi connectivity index (χ3v) is 4.04. The van der Waals surface area contributed by atoms with Crippen molar-refractivity contribution in [1.82, 2.24) is 9.97 Å². The number of ether oxygens (including phenoxy) is 1. The largest absolute Gasteiger partial charge is 0.377 e. The maximum absolute atomic E-state index is 6.03. The van der Waals surface area contributed by atoms with Gasteiger partial charge in [-0.05, 0) is 18.3 Å². The van der Waals surface area contributed by atoms with Gasteiger partial charge in [-0.15, -0.1) is 0 Å². The summed E-state index contributed by atoms with van der Waals surface area (Å²) in [5, 5.41) is 3.98. The lowest BCUT2D eigenvalue weighted by atomic mass is 9.73. The van der Waals surface area contributed by atoms with E-state index < -0.39 is 0 Å². The second-order valence-corrected chi connectivity index (χ2v) is 6.24. The van der Waals surface area contributed by atoms with Crippen LogP contribution in [0.3, 0.4) is 0 Å². The van der Waals surface area contributed by atoms with Gasteiger partial charge in [0.15, 0.2) is 5.82 Å². The number of anilines is 1. The Morgan fingerprint density at radius 1 is 1.42 bits per heavy atom. The molecule has 0 saturated heterocycles. The lowest BCUT2D eigenvalue weighted by Crippen LogP contribution is -2.39. The first-order chi connectivity index (χ1) is 9.01. The van der Waals surface area contributed by atoms with Gasteiger partial charge in [0.1, 0.15) is 17.6 Å². The Bertz CT molecular complexity index is 437. The van der Waals surface area contributed by atoms with E-state index in [4.69, 9.17) is 16.3 Å². The van der Waals surface area contributed by atoms with Crippen LogP contribution in [0.1, 0.15) is 45.4 Å². The summed E-state index contributed by atoms with van der Waals surface area (Å²) in [5.41, 5.74) is 0.289. The van der Waals surface area contributed by atoms with Gasteiger partial charge in [-0.1, -0.05) is 38.3 Å². The molecular formula is C14H22ClN3O. The molecule has 0 radical (unpaired) electrons. The van der Waals surface area contributed by atoms with Gasteiger partial charge in [-0.2, -0.15) is 0 Å². The van der Waals surface area contributed by atoms with E-state index in [-0.39, 0.29) is 5.41 Å². The minimum Gasteiger partial charge on any atom is -0.377 e. The normalized spacial score (nSPS) is 22.2. The summed E-state index contributed by atoms with van der Waals surface area (Å²) in [7, 11) is 1.63. The first kappa shape index (κ1) is 14.5. The Morgan fingerprint density at radius 3 is 2.89 bits per heavy atom. The lowest BCUT2D eigenvalue weighted by molar-refractivity contribution is 0.177. The van der Waals surface area contributed by atoms with Crippen molar-refractivity contribution in [2.45, 2.75) is 52.2 Å². The smallest absolute Gasteiger partial charge is 0.158 e. The zero-order valence-corrected chi connectivity index (χ0v) is 12.6. The summed E-state index contributed by atoms with van der Waals surface area (Å²) >= 11 is 6.03. The molecular weight excluding hydrogens is 262 g/mol. The third kappa shape index (κ3) is 3.80. The van der Waals surface area contributed by atoms with Crippen molar-refractivity contribution in [3.63, 3.8) is 0 Å². The molecule has 4 nitrogen and oxygen atoms in total. The highest BCUT2D eigenvalue weighted by Gasteiger charge is 2.32. The molecule has 0 spiro atoms. The van der Waals surface area contributed by atoms with Crippen LogP contribution in [0.4, 0.5) is 5.82 Å². The van der Waals surface area contributed by atoms with Crippen molar-refractivity contribution in [3.8, 4) is 0 Å². The van der Waals surface area contributed by atoms with E-state index in [0.717, 1.165) is 5.82 Å². The molecule has 1 N–H and O–H groups in total. The minimum atomic E-state index is 0.289. The monoisotopic (exact) mass is 283 g/mol. The highest BCUT2D eigenvalue weighted by atomic mass is 35.5. The molecule has 5 heteroatoms. The van der Waals surface area contributed by atoms with Gasteiger partial charge in [-0.25, -0.2) is 9.97 Å². The summed E-state index contributed by atoms with van der Waals surface area (Å²) in [6.45, 7) is 4.99. The van der Waals surface area contributed by atoms with Crippen molar-refractivity contribution in [2.75, 3.05) is 12.4 Å². The van der Waals surface area contributed by atoms with E-state index >= 15 is 0 Å². The van der Waals surface area contributed by atoms with Crippen LogP contribution in [0.15, 0.2) is 6.07 Å². The second-order valence-electron chi connectivity index (χ2n) is 5.86.